The smallest absolute Gasteiger partial charge is 0.261 e. The Balaban J connectivity index is 1.75. The molecule has 7 heteroatoms. The molecule has 0 heterocycles. The molecule has 3 rings (SSSR count). The van der Waals surface area contributed by atoms with Crippen LogP contribution in [0.5, 0.6) is 0 Å². The van der Waals surface area contributed by atoms with Crippen molar-refractivity contribution in [1.82, 2.24) is 5.32 Å². The Hall–Kier alpha value is -2.83. The monoisotopic (exact) mass is 442 g/mol. The van der Waals surface area contributed by atoms with Crippen LogP contribution in [-0.4, -0.2) is 14.3 Å². The molecule has 0 saturated heterocycles. The molecule has 3 aromatic carbocycles. The number of carbonyl (C=O) groups is 1. The third-order valence-electron chi connectivity index (χ3n) is 4.88. The fourth-order valence-corrected chi connectivity index (χ4v) is 4.12. The van der Waals surface area contributed by atoms with Crippen molar-refractivity contribution in [2.45, 2.75) is 31.7 Å². The standard InChI is InChI=1S/C23H23ClN2O3S/c1-15-7-8-18(13-16(15)2)17(3)25-23(27)19-5-4-6-21(14-19)26-30(28,29)22-11-9-20(24)10-12-22/h4-14,17,26H,1-3H3,(H,25,27)/t17-/m0/s1. The summed E-state index contributed by atoms with van der Waals surface area (Å²) in [5.74, 6) is -0.284. The van der Waals surface area contributed by atoms with Crippen molar-refractivity contribution in [2.24, 2.45) is 0 Å². The van der Waals surface area contributed by atoms with Crippen molar-refractivity contribution in [3.8, 4) is 0 Å². The van der Waals surface area contributed by atoms with E-state index in [4.69, 9.17) is 11.6 Å². The molecular formula is C23H23ClN2O3S. The molecule has 0 spiro atoms. The second-order valence-corrected chi connectivity index (χ2v) is 9.30. The van der Waals surface area contributed by atoms with Gasteiger partial charge in [0.1, 0.15) is 0 Å². The van der Waals surface area contributed by atoms with Gasteiger partial charge in [-0.3, -0.25) is 9.52 Å². The molecule has 0 aromatic heterocycles. The van der Waals surface area contributed by atoms with Gasteiger partial charge in [-0.1, -0.05) is 35.9 Å². The SMILES string of the molecule is Cc1ccc([C@H](C)NC(=O)c2cccc(NS(=O)(=O)c3ccc(Cl)cc3)c2)cc1C. The number of carbonyl (C=O) groups excluding carboxylic acids is 1. The maximum absolute atomic E-state index is 12.7. The van der Waals surface area contributed by atoms with E-state index in [1.54, 1.807) is 18.2 Å². The number of sulfonamides is 1. The van der Waals surface area contributed by atoms with E-state index < -0.39 is 10.0 Å². The average molecular weight is 443 g/mol. The second kappa shape index (κ2) is 8.90. The van der Waals surface area contributed by atoms with Gasteiger partial charge in [0.15, 0.2) is 0 Å². The van der Waals surface area contributed by atoms with E-state index >= 15 is 0 Å². The molecule has 0 bridgehead atoms. The Labute approximate surface area is 182 Å². The van der Waals surface area contributed by atoms with Crippen molar-refractivity contribution in [1.29, 1.82) is 0 Å². The lowest BCUT2D eigenvalue weighted by atomic mass is 10.0. The van der Waals surface area contributed by atoms with Crippen LogP contribution in [0.2, 0.25) is 5.02 Å². The normalized spacial score (nSPS) is 12.3. The van der Waals surface area contributed by atoms with Crippen LogP contribution in [0.15, 0.2) is 71.6 Å². The Morgan fingerprint density at radius 2 is 1.63 bits per heavy atom. The van der Waals surface area contributed by atoms with Gasteiger partial charge in [-0.25, -0.2) is 8.42 Å². The number of hydrogen-bond acceptors (Lipinski definition) is 3. The number of halogens is 1. The quantitative estimate of drug-likeness (QED) is 0.547. The Kier molecular flexibility index (Phi) is 6.48. The highest BCUT2D eigenvalue weighted by Crippen LogP contribution is 2.21. The maximum atomic E-state index is 12.7. The first-order valence-corrected chi connectivity index (χ1v) is 11.3. The highest BCUT2D eigenvalue weighted by atomic mass is 35.5. The lowest BCUT2D eigenvalue weighted by molar-refractivity contribution is 0.0940. The van der Waals surface area contributed by atoms with Crippen molar-refractivity contribution in [3.05, 3.63) is 94.0 Å². The fraction of sp³-hybridized carbons (Fsp3) is 0.174. The number of anilines is 1. The Bertz CT molecular complexity index is 1180. The van der Waals surface area contributed by atoms with E-state index in [0.29, 0.717) is 16.3 Å². The Morgan fingerprint density at radius 3 is 2.30 bits per heavy atom. The highest BCUT2D eigenvalue weighted by molar-refractivity contribution is 7.92. The van der Waals surface area contributed by atoms with Crippen molar-refractivity contribution in [3.63, 3.8) is 0 Å². The van der Waals surface area contributed by atoms with Gasteiger partial charge in [0, 0.05) is 16.3 Å². The third kappa shape index (κ3) is 5.20. The third-order valence-corrected chi connectivity index (χ3v) is 6.53. The topological polar surface area (TPSA) is 75.3 Å². The van der Waals surface area contributed by atoms with Crippen LogP contribution in [0, 0.1) is 13.8 Å². The first-order chi connectivity index (χ1) is 14.2. The lowest BCUT2D eigenvalue weighted by Gasteiger charge is -2.16. The summed E-state index contributed by atoms with van der Waals surface area (Å²) in [6.45, 7) is 5.98. The summed E-state index contributed by atoms with van der Waals surface area (Å²) in [5, 5.41) is 3.41. The van der Waals surface area contributed by atoms with Crippen LogP contribution in [0.25, 0.3) is 0 Å². The summed E-state index contributed by atoms with van der Waals surface area (Å²) in [4.78, 5) is 12.8. The number of amides is 1. The maximum Gasteiger partial charge on any atom is 0.261 e. The molecule has 0 aliphatic carbocycles. The highest BCUT2D eigenvalue weighted by Gasteiger charge is 2.16. The summed E-state index contributed by atoms with van der Waals surface area (Å²) in [6.07, 6.45) is 0. The summed E-state index contributed by atoms with van der Waals surface area (Å²) in [7, 11) is -3.79. The van der Waals surface area contributed by atoms with Gasteiger partial charge in [0.2, 0.25) is 0 Å². The van der Waals surface area contributed by atoms with E-state index in [1.165, 1.54) is 35.9 Å². The number of rotatable bonds is 6. The molecule has 156 valence electrons. The molecule has 0 fully saturated rings. The number of benzene rings is 3. The zero-order chi connectivity index (χ0) is 21.9. The fourth-order valence-electron chi connectivity index (χ4n) is 2.95. The van der Waals surface area contributed by atoms with Crippen molar-refractivity contribution < 1.29 is 13.2 Å². The summed E-state index contributed by atoms with van der Waals surface area (Å²) in [5.41, 5.74) is 4.02. The number of aryl methyl sites for hydroxylation is 2. The van der Waals surface area contributed by atoms with Gasteiger partial charge in [-0.05, 0) is 79.9 Å². The van der Waals surface area contributed by atoms with Crippen LogP contribution in [0.4, 0.5) is 5.69 Å². The number of nitrogens with one attached hydrogen (secondary N) is 2. The zero-order valence-corrected chi connectivity index (χ0v) is 18.5. The predicted molar refractivity (Wildman–Crippen MR) is 120 cm³/mol. The molecule has 0 aliphatic heterocycles. The van der Waals surface area contributed by atoms with Crippen molar-refractivity contribution >= 4 is 33.2 Å². The molecule has 0 saturated carbocycles. The first kappa shape index (κ1) is 21.9. The molecule has 1 atom stereocenters. The lowest BCUT2D eigenvalue weighted by Crippen LogP contribution is -2.26. The Morgan fingerprint density at radius 1 is 0.933 bits per heavy atom. The zero-order valence-electron chi connectivity index (χ0n) is 16.9. The summed E-state index contributed by atoms with van der Waals surface area (Å²) >= 11 is 5.82. The molecular weight excluding hydrogens is 420 g/mol. The van der Waals surface area contributed by atoms with E-state index in [0.717, 1.165) is 11.1 Å². The van der Waals surface area contributed by atoms with Gasteiger partial charge in [-0.2, -0.15) is 0 Å². The summed E-state index contributed by atoms with van der Waals surface area (Å²) in [6, 6.07) is 18.1. The minimum Gasteiger partial charge on any atom is -0.346 e. The van der Waals surface area contributed by atoms with Gasteiger partial charge in [-0.15, -0.1) is 0 Å². The molecule has 5 nitrogen and oxygen atoms in total. The first-order valence-electron chi connectivity index (χ1n) is 9.42. The molecule has 30 heavy (non-hydrogen) atoms. The van der Waals surface area contributed by atoms with Crippen LogP contribution in [0.1, 0.15) is 40.0 Å². The van der Waals surface area contributed by atoms with Crippen molar-refractivity contribution in [2.75, 3.05) is 4.72 Å². The molecule has 3 aromatic rings. The van der Waals surface area contributed by atoms with Crippen LogP contribution in [-0.2, 0) is 10.0 Å². The molecule has 0 aliphatic rings. The predicted octanol–water partition coefficient (Wildman–Crippen LogP) is 5.25. The minimum atomic E-state index is -3.79. The molecule has 0 unspecified atom stereocenters. The second-order valence-electron chi connectivity index (χ2n) is 7.18. The van der Waals surface area contributed by atoms with E-state index in [1.807, 2.05) is 32.9 Å². The average Bonchev–Trinajstić information content (AvgIpc) is 2.70. The minimum absolute atomic E-state index is 0.0881. The summed E-state index contributed by atoms with van der Waals surface area (Å²) < 4.78 is 27.6. The molecule has 1 amide bonds. The molecule has 2 N–H and O–H groups in total. The van der Waals surface area contributed by atoms with Gasteiger partial charge < -0.3 is 5.32 Å². The molecule has 0 radical (unpaired) electrons. The largest absolute Gasteiger partial charge is 0.346 e. The van der Waals surface area contributed by atoms with E-state index in [2.05, 4.69) is 16.1 Å². The number of hydrogen-bond donors (Lipinski definition) is 2. The van der Waals surface area contributed by atoms with Gasteiger partial charge in [0.25, 0.3) is 15.9 Å². The van der Waals surface area contributed by atoms with E-state index in [9.17, 15) is 13.2 Å². The van der Waals surface area contributed by atoms with Gasteiger partial charge in [0.05, 0.1) is 10.9 Å². The van der Waals surface area contributed by atoms with E-state index in [-0.39, 0.29) is 16.8 Å². The van der Waals surface area contributed by atoms with Crippen LogP contribution < -0.4 is 10.0 Å². The van der Waals surface area contributed by atoms with Gasteiger partial charge >= 0.3 is 0 Å². The van der Waals surface area contributed by atoms with Crippen LogP contribution >= 0.6 is 11.6 Å². The van der Waals surface area contributed by atoms with Crippen LogP contribution in [0.3, 0.4) is 0 Å².